The quantitative estimate of drug-likeness (QED) is 0.463. The summed E-state index contributed by atoms with van der Waals surface area (Å²) in [5, 5.41) is 1.60. The van der Waals surface area contributed by atoms with Crippen molar-refractivity contribution in [2.75, 3.05) is 6.61 Å². The summed E-state index contributed by atoms with van der Waals surface area (Å²) < 4.78 is 5.48. The van der Waals surface area contributed by atoms with Crippen LogP contribution in [0, 0.1) is 0 Å². The summed E-state index contributed by atoms with van der Waals surface area (Å²) in [6.45, 7) is 3.05. The number of rotatable bonds is 4. The zero-order valence-electron chi connectivity index (χ0n) is 9.69. The third-order valence-corrected chi connectivity index (χ3v) is 2.78. The minimum atomic E-state index is 0.487. The van der Waals surface area contributed by atoms with E-state index in [4.69, 9.17) is 16.3 Å². The van der Waals surface area contributed by atoms with E-state index in [-0.39, 0.29) is 0 Å². The minimum Gasteiger partial charge on any atom is -0.373 e. The Morgan fingerprint density at radius 2 is 2.18 bits per heavy atom. The number of aromatic nitrogens is 1. The van der Waals surface area contributed by atoms with E-state index in [1.807, 2.05) is 49.4 Å². The van der Waals surface area contributed by atoms with Gasteiger partial charge >= 0.3 is 0 Å². The fraction of sp³-hybridized carbons (Fsp3) is 0.214. The Labute approximate surface area is 106 Å². The lowest BCUT2D eigenvalue weighted by atomic mass is 10.2. The molecule has 0 fully saturated rings. The standard InChI is InChI=1S/C14H14ClNO/c1-2-3-8-17-10-12-9-11-6-4-5-7-13(11)16-14(12)15/h2-7,9H,8,10H2,1H3. The van der Waals surface area contributed by atoms with Crippen LogP contribution in [0.2, 0.25) is 5.15 Å². The highest BCUT2D eigenvalue weighted by atomic mass is 35.5. The number of hydrogen-bond donors (Lipinski definition) is 0. The Morgan fingerprint density at radius 1 is 1.35 bits per heavy atom. The smallest absolute Gasteiger partial charge is 0.135 e. The maximum Gasteiger partial charge on any atom is 0.135 e. The van der Waals surface area contributed by atoms with E-state index in [0.29, 0.717) is 18.4 Å². The van der Waals surface area contributed by atoms with Crippen LogP contribution in [0.4, 0.5) is 0 Å². The second-order valence-corrected chi connectivity index (χ2v) is 4.07. The number of pyridine rings is 1. The van der Waals surface area contributed by atoms with Gasteiger partial charge in [-0.2, -0.15) is 0 Å². The van der Waals surface area contributed by atoms with E-state index >= 15 is 0 Å². The van der Waals surface area contributed by atoms with Gasteiger partial charge in [0.15, 0.2) is 0 Å². The molecule has 88 valence electrons. The lowest BCUT2D eigenvalue weighted by Crippen LogP contribution is -1.95. The van der Waals surface area contributed by atoms with Crippen LogP contribution in [0.1, 0.15) is 12.5 Å². The average Bonchev–Trinajstić information content (AvgIpc) is 2.35. The second-order valence-electron chi connectivity index (χ2n) is 3.72. The van der Waals surface area contributed by atoms with Crippen molar-refractivity contribution in [3.05, 3.63) is 53.2 Å². The first-order chi connectivity index (χ1) is 8.31. The Bertz CT molecular complexity index is 537. The van der Waals surface area contributed by atoms with Crippen LogP contribution in [0.3, 0.4) is 0 Å². The summed E-state index contributed by atoms with van der Waals surface area (Å²) in [4.78, 5) is 4.34. The van der Waals surface area contributed by atoms with Gasteiger partial charge in [0, 0.05) is 10.9 Å². The second kappa shape index (κ2) is 5.80. The lowest BCUT2D eigenvalue weighted by Gasteiger charge is -2.06. The van der Waals surface area contributed by atoms with E-state index in [0.717, 1.165) is 16.5 Å². The topological polar surface area (TPSA) is 22.1 Å². The molecule has 0 saturated carbocycles. The first-order valence-electron chi connectivity index (χ1n) is 5.54. The van der Waals surface area contributed by atoms with Gasteiger partial charge in [-0.3, -0.25) is 0 Å². The van der Waals surface area contributed by atoms with Crippen molar-refractivity contribution in [2.45, 2.75) is 13.5 Å². The molecule has 0 radical (unpaired) electrons. The molecule has 17 heavy (non-hydrogen) atoms. The molecule has 1 aromatic heterocycles. The van der Waals surface area contributed by atoms with Gasteiger partial charge in [-0.25, -0.2) is 4.98 Å². The highest BCUT2D eigenvalue weighted by Gasteiger charge is 2.04. The summed E-state index contributed by atoms with van der Waals surface area (Å²) in [6, 6.07) is 9.94. The molecule has 2 rings (SSSR count). The molecule has 0 aliphatic heterocycles. The van der Waals surface area contributed by atoms with Crippen molar-refractivity contribution < 1.29 is 4.74 Å². The maximum absolute atomic E-state index is 6.11. The first-order valence-corrected chi connectivity index (χ1v) is 5.92. The van der Waals surface area contributed by atoms with Crippen LogP contribution in [-0.2, 0) is 11.3 Å². The number of nitrogens with zero attached hydrogens (tertiary/aromatic N) is 1. The molecule has 0 N–H and O–H groups in total. The monoisotopic (exact) mass is 247 g/mol. The summed E-state index contributed by atoms with van der Waals surface area (Å²) in [5.41, 5.74) is 1.84. The van der Waals surface area contributed by atoms with Crippen LogP contribution >= 0.6 is 11.6 Å². The van der Waals surface area contributed by atoms with E-state index in [9.17, 15) is 0 Å². The minimum absolute atomic E-state index is 0.487. The van der Waals surface area contributed by atoms with Gasteiger partial charge in [-0.05, 0) is 19.1 Å². The van der Waals surface area contributed by atoms with Gasteiger partial charge in [0.2, 0.25) is 0 Å². The Balaban J connectivity index is 2.19. The van der Waals surface area contributed by atoms with Crippen LogP contribution < -0.4 is 0 Å². The Kier molecular flexibility index (Phi) is 4.13. The first kappa shape index (κ1) is 12.1. The van der Waals surface area contributed by atoms with Crippen molar-refractivity contribution in [3.63, 3.8) is 0 Å². The van der Waals surface area contributed by atoms with E-state index in [2.05, 4.69) is 4.98 Å². The molecule has 0 bridgehead atoms. The molecular weight excluding hydrogens is 234 g/mol. The molecule has 0 unspecified atom stereocenters. The molecule has 0 atom stereocenters. The number of fused-ring (bicyclic) bond motifs is 1. The number of ether oxygens (including phenoxy) is 1. The zero-order valence-corrected chi connectivity index (χ0v) is 10.4. The van der Waals surface area contributed by atoms with Crippen LogP contribution in [-0.4, -0.2) is 11.6 Å². The van der Waals surface area contributed by atoms with Crippen LogP contribution in [0.25, 0.3) is 10.9 Å². The zero-order chi connectivity index (χ0) is 12.1. The molecular formula is C14H14ClNO. The Morgan fingerprint density at radius 3 is 3.00 bits per heavy atom. The van der Waals surface area contributed by atoms with E-state index in [1.54, 1.807) is 0 Å². The van der Waals surface area contributed by atoms with Crippen LogP contribution in [0.5, 0.6) is 0 Å². The summed E-state index contributed by atoms with van der Waals surface area (Å²) in [7, 11) is 0. The number of halogens is 1. The molecule has 0 aliphatic carbocycles. The predicted molar refractivity (Wildman–Crippen MR) is 71.2 cm³/mol. The molecule has 1 aromatic carbocycles. The summed E-state index contributed by atoms with van der Waals surface area (Å²) in [6.07, 6.45) is 3.92. The number of benzene rings is 1. The van der Waals surface area contributed by atoms with E-state index < -0.39 is 0 Å². The van der Waals surface area contributed by atoms with Gasteiger partial charge in [0.05, 0.1) is 18.7 Å². The molecule has 0 amide bonds. The summed E-state index contributed by atoms with van der Waals surface area (Å²) >= 11 is 6.11. The van der Waals surface area contributed by atoms with Gasteiger partial charge in [0.25, 0.3) is 0 Å². The normalized spacial score (nSPS) is 11.4. The average molecular weight is 248 g/mol. The van der Waals surface area contributed by atoms with Gasteiger partial charge in [-0.1, -0.05) is 42.0 Å². The van der Waals surface area contributed by atoms with Crippen molar-refractivity contribution in [1.82, 2.24) is 4.98 Å². The molecule has 3 heteroatoms. The molecule has 2 nitrogen and oxygen atoms in total. The molecule has 2 aromatic rings. The lowest BCUT2D eigenvalue weighted by molar-refractivity contribution is 0.148. The van der Waals surface area contributed by atoms with Gasteiger partial charge in [0.1, 0.15) is 5.15 Å². The maximum atomic E-state index is 6.11. The number of hydrogen-bond acceptors (Lipinski definition) is 2. The number of para-hydroxylation sites is 1. The van der Waals surface area contributed by atoms with Gasteiger partial charge < -0.3 is 4.74 Å². The fourth-order valence-electron chi connectivity index (χ4n) is 1.57. The van der Waals surface area contributed by atoms with Crippen molar-refractivity contribution in [1.29, 1.82) is 0 Å². The van der Waals surface area contributed by atoms with Crippen LogP contribution in [0.15, 0.2) is 42.5 Å². The SMILES string of the molecule is CC=CCOCc1cc2ccccc2nc1Cl. The number of allylic oxidation sites excluding steroid dienone is 1. The molecule has 0 saturated heterocycles. The predicted octanol–water partition coefficient (Wildman–Crippen LogP) is 3.98. The van der Waals surface area contributed by atoms with E-state index in [1.165, 1.54) is 0 Å². The van der Waals surface area contributed by atoms with Crippen molar-refractivity contribution in [3.8, 4) is 0 Å². The third kappa shape index (κ3) is 3.05. The highest BCUT2D eigenvalue weighted by molar-refractivity contribution is 6.30. The molecule has 1 heterocycles. The fourth-order valence-corrected chi connectivity index (χ4v) is 1.77. The highest BCUT2D eigenvalue weighted by Crippen LogP contribution is 2.20. The van der Waals surface area contributed by atoms with Crippen molar-refractivity contribution in [2.24, 2.45) is 0 Å². The molecule has 0 aliphatic rings. The third-order valence-electron chi connectivity index (χ3n) is 2.46. The Hall–Kier alpha value is -1.38. The summed E-state index contributed by atoms with van der Waals surface area (Å²) in [5.74, 6) is 0. The van der Waals surface area contributed by atoms with Gasteiger partial charge in [-0.15, -0.1) is 0 Å². The van der Waals surface area contributed by atoms with Crippen molar-refractivity contribution >= 4 is 22.5 Å². The largest absolute Gasteiger partial charge is 0.373 e. The molecule has 0 spiro atoms.